The number of aliphatic hydroxyl groups excluding tert-OH is 1. The van der Waals surface area contributed by atoms with Gasteiger partial charge in [-0.05, 0) is 26.2 Å². The zero-order valence-corrected chi connectivity index (χ0v) is 11.7. The molecule has 0 amide bonds. The first-order valence-corrected chi connectivity index (χ1v) is 6.29. The highest BCUT2D eigenvalue weighted by atomic mass is 16.5. The molecule has 0 heterocycles. The molecule has 0 saturated carbocycles. The Bertz CT molecular complexity index is 183. The van der Waals surface area contributed by atoms with E-state index in [1.807, 2.05) is 6.92 Å². The third-order valence-corrected chi connectivity index (χ3v) is 2.44. The Morgan fingerprint density at radius 3 is 2.12 bits per heavy atom. The number of rotatable bonds is 8. The van der Waals surface area contributed by atoms with Crippen molar-refractivity contribution >= 4 is 0 Å². The van der Waals surface area contributed by atoms with Gasteiger partial charge in [0, 0.05) is 18.2 Å². The molecule has 0 saturated heterocycles. The molecule has 98 valence electrons. The average Bonchev–Trinajstić information content (AvgIpc) is 2.13. The predicted octanol–water partition coefficient (Wildman–Crippen LogP) is 2.19. The molecule has 3 heteroatoms. The molecule has 2 unspecified atom stereocenters. The van der Waals surface area contributed by atoms with Gasteiger partial charge in [0.05, 0.1) is 12.7 Å². The molecule has 0 spiro atoms. The summed E-state index contributed by atoms with van der Waals surface area (Å²) in [6, 6.07) is 0.370. The maximum absolute atomic E-state index is 9.44. The van der Waals surface area contributed by atoms with E-state index in [2.05, 4.69) is 39.9 Å². The van der Waals surface area contributed by atoms with Crippen LogP contribution in [-0.4, -0.2) is 36.0 Å². The summed E-state index contributed by atoms with van der Waals surface area (Å²) in [5.74, 6) is 0.556. The SMILES string of the molecule is CC(C)COC(C)CC(C)(CO)NC(C)C. The highest BCUT2D eigenvalue weighted by Crippen LogP contribution is 2.15. The molecular formula is C13H29NO2. The van der Waals surface area contributed by atoms with Crippen molar-refractivity contribution in [2.24, 2.45) is 5.92 Å². The molecule has 0 radical (unpaired) electrons. The first-order valence-electron chi connectivity index (χ1n) is 6.29. The molecule has 0 aromatic rings. The van der Waals surface area contributed by atoms with Crippen molar-refractivity contribution in [2.45, 2.75) is 65.6 Å². The van der Waals surface area contributed by atoms with Gasteiger partial charge in [-0.2, -0.15) is 0 Å². The Kier molecular flexibility index (Phi) is 7.20. The zero-order valence-electron chi connectivity index (χ0n) is 11.7. The maximum Gasteiger partial charge on any atom is 0.0611 e. The first kappa shape index (κ1) is 15.9. The Hall–Kier alpha value is -0.120. The summed E-state index contributed by atoms with van der Waals surface area (Å²) in [7, 11) is 0. The van der Waals surface area contributed by atoms with Crippen molar-refractivity contribution in [1.82, 2.24) is 5.32 Å². The van der Waals surface area contributed by atoms with Crippen LogP contribution in [0.15, 0.2) is 0 Å². The Morgan fingerprint density at radius 2 is 1.75 bits per heavy atom. The summed E-state index contributed by atoms with van der Waals surface area (Å²) in [6.07, 6.45) is 1.000. The largest absolute Gasteiger partial charge is 0.394 e. The van der Waals surface area contributed by atoms with Crippen LogP contribution in [0.2, 0.25) is 0 Å². The van der Waals surface area contributed by atoms with Crippen molar-refractivity contribution in [2.75, 3.05) is 13.2 Å². The summed E-state index contributed by atoms with van der Waals surface area (Å²) < 4.78 is 5.73. The maximum atomic E-state index is 9.44. The standard InChI is InChI=1S/C13H29NO2/c1-10(2)8-16-12(5)7-13(6,9-15)14-11(3)4/h10-12,14-15H,7-9H2,1-6H3. The topological polar surface area (TPSA) is 41.5 Å². The van der Waals surface area contributed by atoms with E-state index in [1.54, 1.807) is 0 Å². The molecule has 0 rings (SSSR count). The lowest BCUT2D eigenvalue weighted by Gasteiger charge is -2.33. The normalized spacial score (nSPS) is 17.8. The van der Waals surface area contributed by atoms with Gasteiger partial charge in [-0.25, -0.2) is 0 Å². The fraction of sp³-hybridized carbons (Fsp3) is 1.00. The monoisotopic (exact) mass is 231 g/mol. The van der Waals surface area contributed by atoms with E-state index in [0.717, 1.165) is 13.0 Å². The minimum atomic E-state index is -0.245. The number of nitrogens with one attached hydrogen (secondary N) is 1. The predicted molar refractivity (Wildman–Crippen MR) is 68.6 cm³/mol. The molecule has 0 aliphatic heterocycles. The van der Waals surface area contributed by atoms with Crippen molar-refractivity contribution in [3.05, 3.63) is 0 Å². The zero-order chi connectivity index (χ0) is 12.8. The van der Waals surface area contributed by atoms with Gasteiger partial charge in [0.15, 0.2) is 0 Å². The van der Waals surface area contributed by atoms with Gasteiger partial charge in [0.25, 0.3) is 0 Å². The van der Waals surface area contributed by atoms with Crippen LogP contribution in [-0.2, 0) is 4.74 Å². The van der Waals surface area contributed by atoms with Crippen molar-refractivity contribution < 1.29 is 9.84 Å². The second-order valence-electron chi connectivity index (χ2n) is 5.76. The number of hydrogen-bond acceptors (Lipinski definition) is 3. The molecule has 0 aromatic heterocycles. The van der Waals surface area contributed by atoms with E-state index >= 15 is 0 Å². The van der Waals surface area contributed by atoms with Crippen LogP contribution in [0.3, 0.4) is 0 Å². The van der Waals surface area contributed by atoms with Gasteiger partial charge >= 0.3 is 0 Å². The van der Waals surface area contributed by atoms with Crippen LogP contribution in [0.4, 0.5) is 0 Å². The number of ether oxygens (including phenoxy) is 1. The van der Waals surface area contributed by atoms with E-state index < -0.39 is 0 Å². The van der Waals surface area contributed by atoms with Crippen LogP contribution >= 0.6 is 0 Å². The molecule has 0 bridgehead atoms. The molecule has 2 atom stereocenters. The Labute approximate surface area is 101 Å². The molecular weight excluding hydrogens is 202 g/mol. The van der Waals surface area contributed by atoms with Crippen LogP contribution in [0.5, 0.6) is 0 Å². The van der Waals surface area contributed by atoms with Gasteiger partial charge in [-0.1, -0.05) is 27.7 Å². The lowest BCUT2D eigenvalue weighted by atomic mass is 9.94. The van der Waals surface area contributed by atoms with Gasteiger partial charge < -0.3 is 15.2 Å². The van der Waals surface area contributed by atoms with E-state index in [1.165, 1.54) is 0 Å². The summed E-state index contributed by atoms with van der Waals surface area (Å²) in [4.78, 5) is 0. The summed E-state index contributed by atoms with van der Waals surface area (Å²) in [6.45, 7) is 13.5. The Morgan fingerprint density at radius 1 is 1.19 bits per heavy atom. The molecule has 16 heavy (non-hydrogen) atoms. The van der Waals surface area contributed by atoms with Crippen LogP contribution in [0.25, 0.3) is 0 Å². The molecule has 0 aliphatic carbocycles. The fourth-order valence-electron chi connectivity index (χ4n) is 1.92. The number of hydrogen-bond donors (Lipinski definition) is 2. The van der Waals surface area contributed by atoms with Crippen molar-refractivity contribution in [3.63, 3.8) is 0 Å². The smallest absolute Gasteiger partial charge is 0.0611 e. The van der Waals surface area contributed by atoms with Gasteiger partial charge in [0.1, 0.15) is 0 Å². The van der Waals surface area contributed by atoms with Gasteiger partial charge in [-0.3, -0.25) is 0 Å². The van der Waals surface area contributed by atoms with Crippen LogP contribution in [0, 0.1) is 5.92 Å². The van der Waals surface area contributed by atoms with Crippen molar-refractivity contribution in [3.8, 4) is 0 Å². The molecule has 2 N–H and O–H groups in total. The fourth-order valence-corrected chi connectivity index (χ4v) is 1.92. The van der Waals surface area contributed by atoms with E-state index in [4.69, 9.17) is 4.74 Å². The first-order chi connectivity index (χ1) is 7.29. The second-order valence-corrected chi connectivity index (χ2v) is 5.76. The quantitative estimate of drug-likeness (QED) is 0.673. The lowest BCUT2D eigenvalue weighted by Crippen LogP contribution is -2.51. The highest BCUT2D eigenvalue weighted by molar-refractivity contribution is 4.86. The van der Waals surface area contributed by atoms with Crippen LogP contribution < -0.4 is 5.32 Å². The summed E-state index contributed by atoms with van der Waals surface area (Å²) >= 11 is 0. The summed E-state index contributed by atoms with van der Waals surface area (Å²) in [5, 5.41) is 12.8. The molecule has 0 fully saturated rings. The van der Waals surface area contributed by atoms with Gasteiger partial charge in [0.2, 0.25) is 0 Å². The molecule has 0 aromatic carbocycles. The minimum absolute atomic E-state index is 0.139. The van der Waals surface area contributed by atoms with Crippen molar-refractivity contribution in [1.29, 1.82) is 0 Å². The second kappa shape index (κ2) is 7.25. The van der Waals surface area contributed by atoms with E-state index in [0.29, 0.717) is 12.0 Å². The Balaban J connectivity index is 4.09. The third kappa shape index (κ3) is 7.20. The third-order valence-electron chi connectivity index (χ3n) is 2.44. The number of aliphatic hydroxyl groups is 1. The summed E-state index contributed by atoms with van der Waals surface area (Å²) in [5.41, 5.74) is -0.245. The minimum Gasteiger partial charge on any atom is -0.394 e. The highest BCUT2D eigenvalue weighted by Gasteiger charge is 2.26. The van der Waals surface area contributed by atoms with E-state index in [-0.39, 0.29) is 18.2 Å². The molecule has 0 aliphatic rings. The average molecular weight is 231 g/mol. The van der Waals surface area contributed by atoms with Crippen LogP contribution in [0.1, 0.15) is 48.0 Å². The molecule has 3 nitrogen and oxygen atoms in total. The van der Waals surface area contributed by atoms with Gasteiger partial charge in [-0.15, -0.1) is 0 Å². The lowest BCUT2D eigenvalue weighted by molar-refractivity contribution is 0.0137. The van der Waals surface area contributed by atoms with E-state index in [9.17, 15) is 5.11 Å².